The molecule has 9 nitrogen and oxygen atoms in total. The number of ether oxygens (including phenoxy) is 2. The number of hydrogen-bond donors (Lipinski definition) is 1. The van der Waals surface area contributed by atoms with Crippen molar-refractivity contribution in [3.05, 3.63) is 45.5 Å². The molecule has 1 aromatic carbocycles. The molecule has 2 aromatic rings. The van der Waals surface area contributed by atoms with E-state index < -0.39 is 23.4 Å². The van der Waals surface area contributed by atoms with Gasteiger partial charge in [-0.2, -0.15) is 0 Å². The van der Waals surface area contributed by atoms with E-state index in [4.69, 9.17) is 9.47 Å². The van der Waals surface area contributed by atoms with E-state index in [1.165, 1.54) is 18.2 Å². The topological polar surface area (TPSA) is 121 Å². The lowest BCUT2D eigenvalue weighted by molar-refractivity contribution is -0.385. The summed E-state index contributed by atoms with van der Waals surface area (Å²) < 4.78 is 10.0. The predicted molar refractivity (Wildman–Crippen MR) is 89.7 cm³/mol. The Morgan fingerprint density at radius 3 is 2.84 bits per heavy atom. The van der Waals surface area contributed by atoms with Gasteiger partial charge in [0.05, 0.1) is 23.6 Å². The number of rotatable bonds is 8. The van der Waals surface area contributed by atoms with E-state index in [0.717, 1.165) is 11.3 Å². The van der Waals surface area contributed by atoms with Crippen molar-refractivity contribution in [3.8, 4) is 5.75 Å². The Kier molecular flexibility index (Phi) is 6.40. The van der Waals surface area contributed by atoms with Crippen LogP contribution in [0, 0.1) is 10.1 Å². The first kappa shape index (κ1) is 18.3. The van der Waals surface area contributed by atoms with Crippen molar-refractivity contribution in [2.24, 2.45) is 0 Å². The molecule has 2 rings (SSSR count). The molecule has 0 aliphatic carbocycles. The maximum atomic E-state index is 11.9. The Hall–Kier alpha value is -3.01. The lowest BCUT2D eigenvalue weighted by Crippen LogP contribution is -2.20. The molecule has 0 fully saturated rings. The number of carbonyl (C=O) groups is 2. The van der Waals surface area contributed by atoms with Gasteiger partial charge in [0, 0.05) is 11.4 Å². The van der Waals surface area contributed by atoms with Crippen LogP contribution in [0.15, 0.2) is 29.6 Å². The molecule has 0 spiro atoms. The largest absolute Gasteiger partial charge is 0.477 e. The van der Waals surface area contributed by atoms with Crippen LogP contribution in [0.1, 0.15) is 12.6 Å². The van der Waals surface area contributed by atoms with Crippen LogP contribution >= 0.6 is 11.3 Å². The summed E-state index contributed by atoms with van der Waals surface area (Å²) in [5.74, 6) is -0.912. The molecule has 0 aliphatic rings. The Morgan fingerprint density at radius 1 is 1.36 bits per heavy atom. The zero-order valence-electron chi connectivity index (χ0n) is 13.3. The Balaban J connectivity index is 1.88. The van der Waals surface area contributed by atoms with E-state index in [0.29, 0.717) is 10.8 Å². The second-order valence-corrected chi connectivity index (χ2v) is 5.55. The third-order valence-electron chi connectivity index (χ3n) is 2.85. The van der Waals surface area contributed by atoms with E-state index in [9.17, 15) is 19.7 Å². The third-order valence-corrected chi connectivity index (χ3v) is 3.66. The lowest BCUT2D eigenvalue weighted by Gasteiger charge is -2.06. The van der Waals surface area contributed by atoms with Crippen molar-refractivity contribution in [2.45, 2.75) is 13.3 Å². The fraction of sp³-hybridized carbons (Fsp3) is 0.267. The molecule has 0 saturated carbocycles. The molecule has 0 aliphatic heterocycles. The van der Waals surface area contributed by atoms with Crippen LogP contribution in [0.3, 0.4) is 0 Å². The van der Waals surface area contributed by atoms with Gasteiger partial charge >= 0.3 is 11.7 Å². The summed E-state index contributed by atoms with van der Waals surface area (Å²) in [6.07, 6.45) is 0.0208. The van der Waals surface area contributed by atoms with E-state index in [1.54, 1.807) is 18.4 Å². The summed E-state index contributed by atoms with van der Waals surface area (Å²) >= 11 is 1.15. The second kappa shape index (κ2) is 8.73. The SMILES string of the molecule is CCOC(=O)Cc1csc(NC(=O)COc2ccccc2[N+](=O)[O-])n1. The maximum Gasteiger partial charge on any atom is 0.311 e. The van der Waals surface area contributed by atoms with Gasteiger partial charge in [-0.25, -0.2) is 4.98 Å². The van der Waals surface area contributed by atoms with Crippen LogP contribution in [-0.4, -0.2) is 35.0 Å². The maximum absolute atomic E-state index is 11.9. The fourth-order valence-electron chi connectivity index (χ4n) is 1.83. The van der Waals surface area contributed by atoms with Gasteiger partial charge in [0.1, 0.15) is 0 Å². The number of esters is 1. The van der Waals surface area contributed by atoms with Crippen molar-refractivity contribution in [3.63, 3.8) is 0 Å². The van der Waals surface area contributed by atoms with Crippen LogP contribution in [0.5, 0.6) is 5.75 Å². The quantitative estimate of drug-likeness (QED) is 0.432. The predicted octanol–water partition coefficient (Wildman–Crippen LogP) is 2.17. The molecule has 0 unspecified atom stereocenters. The van der Waals surface area contributed by atoms with Crippen molar-refractivity contribution < 1.29 is 24.0 Å². The number of aromatic nitrogens is 1. The Labute approximate surface area is 146 Å². The molecule has 1 amide bonds. The highest BCUT2D eigenvalue weighted by Crippen LogP contribution is 2.25. The van der Waals surface area contributed by atoms with Crippen LogP contribution < -0.4 is 10.1 Å². The summed E-state index contributed by atoms with van der Waals surface area (Å²) in [7, 11) is 0. The van der Waals surface area contributed by atoms with Crippen molar-refractivity contribution >= 4 is 34.0 Å². The normalized spacial score (nSPS) is 10.1. The number of nitrogens with one attached hydrogen (secondary N) is 1. The van der Waals surface area contributed by atoms with Crippen molar-refractivity contribution in [1.82, 2.24) is 4.98 Å². The molecular weight excluding hydrogens is 350 g/mol. The van der Waals surface area contributed by atoms with E-state index >= 15 is 0 Å². The summed E-state index contributed by atoms with van der Waals surface area (Å²) in [4.78, 5) is 37.6. The molecule has 1 aromatic heterocycles. The average Bonchev–Trinajstić information content (AvgIpc) is 3.00. The minimum atomic E-state index is -0.588. The molecule has 25 heavy (non-hydrogen) atoms. The zero-order valence-corrected chi connectivity index (χ0v) is 14.1. The van der Waals surface area contributed by atoms with Gasteiger partial charge in [0.25, 0.3) is 5.91 Å². The third kappa shape index (κ3) is 5.53. The van der Waals surface area contributed by atoms with Crippen molar-refractivity contribution in [1.29, 1.82) is 0 Å². The number of amides is 1. The van der Waals surface area contributed by atoms with Gasteiger partial charge in [-0.1, -0.05) is 12.1 Å². The number of nitro groups is 1. The molecule has 0 saturated heterocycles. The van der Waals surface area contributed by atoms with E-state index in [2.05, 4.69) is 10.3 Å². The second-order valence-electron chi connectivity index (χ2n) is 4.69. The molecule has 132 valence electrons. The fourth-order valence-corrected chi connectivity index (χ4v) is 2.56. The Morgan fingerprint density at radius 2 is 2.12 bits per heavy atom. The Bertz CT molecular complexity index is 776. The van der Waals surface area contributed by atoms with Gasteiger partial charge in [-0.15, -0.1) is 11.3 Å². The van der Waals surface area contributed by atoms with Gasteiger partial charge in [-0.3, -0.25) is 25.0 Å². The highest BCUT2D eigenvalue weighted by Gasteiger charge is 2.16. The van der Waals surface area contributed by atoms with Crippen molar-refractivity contribution in [2.75, 3.05) is 18.5 Å². The number of nitrogens with zero attached hydrogens (tertiary/aromatic N) is 2. The number of para-hydroxylation sites is 2. The van der Waals surface area contributed by atoms with Crippen LogP contribution in [0.25, 0.3) is 0 Å². The monoisotopic (exact) mass is 365 g/mol. The molecule has 10 heteroatoms. The summed E-state index contributed by atoms with van der Waals surface area (Å²) in [5.41, 5.74) is 0.264. The highest BCUT2D eigenvalue weighted by atomic mass is 32.1. The number of anilines is 1. The summed E-state index contributed by atoms with van der Waals surface area (Å²) in [5, 5.41) is 15.3. The summed E-state index contributed by atoms with van der Waals surface area (Å²) in [6.45, 7) is 1.59. The first-order valence-corrected chi connectivity index (χ1v) is 8.13. The van der Waals surface area contributed by atoms with Gasteiger partial charge in [0.15, 0.2) is 17.5 Å². The van der Waals surface area contributed by atoms with Gasteiger partial charge < -0.3 is 9.47 Å². The minimum absolute atomic E-state index is 0.00443. The summed E-state index contributed by atoms with van der Waals surface area (Å²) in [6, 6.07) is 5.77. The average molecular weight is 365 g/mol. The molecule has 1 N–H and O–H groups in total. The number of carbonyl (C=O) groups excluding carboxylic acids is 2. The van der Waals surface area contributed by atoms with Gasteiger partial charge in [0.2, 0.25) is 0 Å². The number of nitro benzene ring substituents is 1. The molecule has 0 radical (unpaired) electrons. The first-order chi connectivity index (χ1) is 12.0. The molecular formula is C15H15N3O6S. The van der Waals surface area contributed by atoms with Gasteiger partial charge in [-0.05, 0) is 13.0 Å². The molecule has 0 bridgehead atoms. The molecule has 1 heterocycles. The molecule has 0 atom stereocenters. The number of thiazole rings is 1. The lowest BCUT2D eigenvalue weighted by atomic mass is 10.3. The number of hydrogen-bond acceptors (Lipinski definition) is 8. The van der Waals surface area contributed by atoms with Crippen LogP contribution in [0.4, 0.5) is 10.8 Å². The van der Waals surface area contributed by atoms with E-state index in [1.807, 2.05) is 0 Å². The smallest absolute Gasteiger partial charge is 0.311 e. The minimum Gasteiger partial charge on any atom is -0.477 e. The standard InChI is InChI=1S/C15H15N3O6S/c1-2-23-14(20)7-10-9-25-15(16-10)17-13(19)8-24-12-6-4-3-5-11(12)18(21)22/h3-6,9H,2,7-8H2,1H3,(H,16,17,19). The van der Waals surface area contributed by atoms with Crippen LogP contribution in [0.2, 0.25) is 0 Å². The van der Waals surface area contributed by atoms with Crippen LogP contribution in [-0.2, 0) is 20.7 Å². The first-order valence-electron chi connectivity index (χ1n) is 7.25. The zero-order chi connectivity index (χ0) is 18.2. The highest BCUT2D eigenvalue weighted by molar-refractivity contribution is 7.13. The number of benzene rings is 1. The van der Waals surface area contributed by atoms with E-state index in [-0.39, 0.29) is 24.5 Å².